The van der Waals surface area contributed by atoms with Gasteiger partial charge in [0.25, 0.3) is 0 Å². The van der Waals surface area contributed by atoms with E-state index in [1.165, 1.54) is 11.3 Å². The third-order valence-electron chi connectivity index (χ3n) is 7.53. The highest BCUT2D eigenvalue weighted by Gasteiger charge is 2.67. The van der Waals surface area contributed by atoms with Crippen molar-refractivity contribution in [3.05, 3.63) is 29.8 Å². The summed E-state index contributed by atoms with van der Waals surface area (Å²) < 4.78 is 5.29. The first-order chi connectivity index (χ1) is 11.7. The highest BCUT2D eigenvalue weighted by molar-refractivity contribution is 5.78. The molecule has 2 bridgehead atoms. The fourth-order valence-electron chi connectivity index (χ4n) is 6.57. The quantitative estimate of drug-likeness (QED) is 0.849. The van der Waals surface area contributed by atoms with E-state index in [1.807, 2.05) is 0 Å². The van der Waals surface area contributed by atoms with E-state index in [0.29, 0.717) is 17.9 Å². The van der Waals surface area contributed by atoms with Crippen molar-refractivity contribution in [1.29, 1.82) is 0 Å². The van der Waals surface area contributed by atoms with Gasteiger partial charge in [0.2, 0.25) is 0 Å². The largest absolute Gasteiger partial charge is 0.469 e. The van der Waals surface area contributed by atoms with Crippen LogP contribution in [0.3, 0.4) is 0 Å². The van der Waals surface area contributed by atoms with Crippen LogP contribution in [0.15, 0.2) is 24.3 Å². The Morgan fingerprint density at radius 2 is 2.25 bits per heavy atom. The van der Waals surface area contributed by atoms with Crippen LogP contribution in [0.1, 0.15) is 31.7 Å². The molecule has 2 saturated heterocycles. The predicted octanol–water partition coefficient (Wildman–Crippen LogP) is 2.64. The van der Waals surface area contributed by atoms with Crippen LogP contribution < -0.4 is 5.32 Å². The standard InChI is InChI=1S/C20H26N2O2/c1-3-12-11-22-9-8-20-14-6-4-5-7-15(14)21-18(20)17(19(23)24-2)13(12)10-16(20)22/h4-7,12-13,16-18,21H,3,8-11H2,1-2H3. The molecule has 1 saturated carbocycles. The van der Waals surface area contributed by atoms with E-state index in [4.69, 9.17) is 4.74 Å². The molecule has 0 amide bonds. The van der Waals surface area contributed by atoms with E-state index >= 15 is 0 Å². The van der Waals surface area contributed by atoms with Crippen molar-refractivity contribution in [2.45, 2.75) is 43.7 Å². The topological polar surface area (TPSA) is 41.6 Å². The molecule has 0 aromatic heterocycles. The highest BCUT2D eigenvalue weighted by atomic mass is 16.5. The normalized spacial score (nSPS) is 42.2. The first-order valence-electron chi connectivity index (χ1n) is 9.38. The van der Waals surface area contributed by atoms with Crippen molar-refractivity contribution in [3.8, 4) is 0 Å². The van der Waals surface area contributed by atoms with Crippen LogP contribution in [0.25, 0.3) is 0 Å². The smallest absolute Gasteiger partial charge is 0.311 e. The molecule has 24 heavy (non-hydrogen) atoms. The lowest BCUT2D eigenvalue weighted by Gasteiger charge is -2.55. The molecular formula is C20H26N2O2. The van der Waals surface area contributed by atoms with Crippen molar-refractivity contribution >= 4 is 11.7 Å². The van der Waals surface area contributed by atoms with Crippen molar-refractivity contribution in [2.75, 3.05) is 25.5 Å². The summed E-state index contributed by atoms with van der Waals surface area (Å²) in [5, 5.41) is 3.77. The van der Waals surface area contributed by atoms with Crippen molar-refractivity contribution in [1.82, 2.24) is 4.90 Å². The number of esters is 1. The zero-order valence-electron chi connectivity index (χ0n) is 14.5. The van der Waals surface area contributed by atoms with Crippen LogP contribution >= 0.6 is 0 Å². The lowest BCUT2D eigenvalue weighted by Crippen LogP contribution is -2.65. The Kier molecular flexibility index (Phi) is 3.06. The summed E-state index contributed by atoms with van der Waals surface area (Å²) in [7, 11) is 1.55. The molecular weight excluding hydrogens is 300 g/mol. The average Bonchev–Trinajstić information content (AvgIpc) is 3.17. The van der Waals surface area contributed by atoms with Gasteiger partial charge in [0.05, 0.1) is 19.1 Å². The number of ether oxygens (including phenoxy) is 1. The summed E-state index contributed by atoms with van der Waals surface area (Å²) >= 11 is 0. The van der Waals surface area contributed by atoms with Gasteiger partial charge in [-0.05, 0) is 42.9 Å². The summed E-state index contributed by atoms with van der Waals surface area (Å²) in [6.45, 7) is 4.58. The monoisotopic (exact) mass is 326 g/mol. The molecule has 3 fully saturated rings. The zero-order chi connectivity index (χ0) is 16.5. The SMILES string of the molecule is CCC1CN2CCC34c5ccccc5NC3C(C(=O)OC)C1CC24. The van der Waals surface area contributed by atoms with Crippen LogP contribution in [0.5, 0.6) is 0 Å². The number of nitrogens with one attached hydrogen (secondary N) is 1. The molecule has 5 rings (SSSR count). The van der Waals surface area contributed by atoms with E-state index in [-0.39, 0.29) is 23.3 Å². The lowest BCUT2D eigenvalue weighted by molar-refractivity contribution is -0.154. The molecule has 4 aliphatic rings. The minimum absolute atomic E-state index is 0.0121. The maximum absolute atomic E-state index is 12.8. The summed E-state index contributed by atoms with van der Waals surface area (Å²) in [5.41, 5.74) is 2.76. The second-order valence-electron chi connectivity index (χ2n) is 8.09. The molecule has 1 N–H and O–H groups in total. The first kappa shape index (κ1) is 14.8. The van der Waals surface area contributed by atoms with Crippen LogP contribution in [-0.4, -0.2) is 43.2 Å². The maximum Gasteiger partial charge on any atom is 0.311 e. The number of para-hydroxylation sites is 1. The zero-order valence-corrected chi connectivity index (χ0v) is 14.5. The number of anilines is 1. The summed E-state index contributed by atoms with van der Waals surface area (Å²) in [6.07, 6.45) is 3.45. The molecule has 1 aromatic rings. The maximum atomic E-state index is 12.8. The van der Waals surface area contributed by atoms with Gasteiger partial charge in [0.15, 0.2) is 0 Å². The third-order valence-corrected chi connectivity index (χ3v) is 7.53. The number of methoxy groups -OCH3 is 1. The molecule has 1 aliphatic carbocycles. The van der Waals surface area contributed by atoms with E-state index in [2.05, 4.69) is 41.4 Å². The van der Waals surface area contributed by atoms with Gasteiger partial charge in [0.1, 0.15) is 0 Å². The predicted molar refractivity (Wildman–Crippen MR) is 92.9 cm³/mol. The average molecular weight is 326 g/mol. The minimum atomic E-state index is -0.0242. The number of hydrogen-bond acceptors (Lipinski definition) is 4. The molecule has 6 atom stereocenters. The number of fused-ring (bicyclic) bond motifs is 2. The third kappa shape index (κ3) is 1.60. The number of benzene rings is 1. The number of piperidine rings is 1. The Bertz CT molecular complexity index is 690. The second-order valence-corrected chi connectivity index (χ2v) is 8.09. The van der Waals surface area contributed by atoms with E-state index in [1.54, 1.807) is 7.11 Å². The van der Waals surface area contributed by atoms with Gasteiger partial charge < -0.3 is 10.1 Å². The number of carbonyl (C=O) groups excluding carboxylic acids is 1. The first-order valence-corrected chi connectivity index (χ1v) is 9.38. The molecule has 3 heterocycles. The minimum Gasteiger partial charge on any atom is -0.469 e. The fourth-order valence-corrected chi connectivity index (χ4v) is 6.57. The Morgan fingerprint density at radius 3 is 3.04 bits per heavy atom. The Morgan fingerprint density at radius 1 is 1.42 bits per heavy atom. The van der Waals surface area contributed by atoms with Crippen LogP contribution in [0.4, 0.5) is 5.69 Å². The molecule has 4 heteroatoms. The van der Waals surface area contributed by atoms with Gasteiger partial charge >= 0.3 is 5.97 Å². The van der Waals surface area contributed by atoms with Gasteiger partial charge in [-0.3, -0.25) is 9.69 Å². The fraction of sp³-hybridized carbons (Fsp3) is 0.650. The molecule has 6 unspecified atom stereocenters. The molecule has 4 nitrogen and oxygen atoms in total. The van der Waals surface area contributed by atoms with Crippen molar-refractivity contribution in [3.63, 3.8) is 0 Å². The summed E-state index contributed by atoms with van der Waals surface area (Å²) in [6, 6.07) is 9.48. The van der Waals surface area contributed by atoms with Crippen LogP contribution in [0.2, 0.25) is 0 Å². The summed E-state index contributed by atoms with van der Waals surface area (Å²) in [5.74, 6) is 1.01. The van der Waals surface area contributed by atoms with Gasteiger partial charge in [-0.15, -0.1) is 0 Å². The van der Waals surface area contributed by atoms with E-state index in [9.17, 15) is 4.79 Å². The van der Waals surface area contributed by atoms with Gasteiger partial charge in [-0.25, -0.2) is 0 Å². The number of rotatable bonds is 2. The number of nitrogens with zero attached hydrogens (tertiary/aromatic N) is 1. The van der Waals surface area contributed by atoms with Gasteiger partial charge in [0, 0.05) is 23.7 Å². The van der Waals surface area contributed by atoms with Gasteiger partial charge in [-0.2, -0.15) is 0 Å². The van der Waals surface area contributed by atoms with Crippen molar-refractivity contribution < 1.29 is 9.53 Å². The van der Waals surface area contributed by atoms with E-state index < -0.39 is 0 Å². The Hall–Kier alpha value is -1.55. The Balaban J connectivity index is 1.68. The molecule has 1 aromatic carbocycles. The molecule has 128 valence electrons. The van der Waals surface area contributed by atoms with Crippen LogP contribution in [0, 0.1) is 17.8 Å². The van der Waals surface area contributed by atoms with E-state index in [0.717, 1.165) is 32.4 Å². The molecule has 3 aliphatic heterocycles. The summed E-state index contributed by atoms with van der Waals surface area (Å²) in [4.78, 5) is 15.5. The number of carbonyl (C=O) groups is 1. The lowest BCUT2D eigenvalue weighted by atomic mass is 9.54. The molecule has 0 radical (unpaired) electrons. The molecule has 1 spiro atoms. The van der Waals surface area contributed by atoms with Crippen LogP contribution in [-0.2, 0) is 14.9 Å². The second kappa shape index (κ2) is 4.98. The Labute approximate surface area is 143 Å². The number of hydrogen-bond donors (Lipinski definition) is 1. The van der Waals surface area contributed by atoms with Crippen molar-refractivity contribution in [2.24, 2.45) is 17.8 Å². The highest BCUT2D eigenvalue weighted by Crippen LogP contribution is 2.61. The van der Waals surface area contributed by atoms with Gasteiger partial charge in [-0.1, -0.05) is 31.5 Å².